The minimum Gasteiger partial charge on any atom is -0.467 e. The van der Waals surface area contributed by atoms with Gasteiger partial charge in [-0.25, -0.2) is 8.78 Å². The van der Waals surface area contributed by atoms with Gasteiger partial charge in [-0.05, 0) is 49.2 Å². The number of benzene rings is 2. The summed E-state index contributed by atoms with van der Waals surface area (Å²) in [7, 11) is 0. The number of hydrogen-bond donors (Lipinski definition) is 2. The number of amides is 1. The van der Waals surface area contributed by atoms with Gasteiger partial charge >= 0.3 is 0 Å². The van der Waals surface area contributed by atoms with Gasteiger partial charge in [0.1, 0.15) is 23.4 Å². The number of rotatable bonds is 4. The molecule has 1 atom stereocenters. The predicted octanol–water partition coefficient (Wildman–Crippen LogP) is 5.18. The van der Waals surface area contributed by atoms with Crippen LogP contribution in [0.25, 0.3) is 0 Å². The van der Waals surface area contributed by atoms with Crippen molar-refractivity contribution >= 4 is 28.8 Å². The molecule has 1 aromatic heterocycles. The Balaban J connectivity index is 1.58. The van der Waals surface area contributed by atoms with Gasteiger partial charge in [0.15, 0.2) is 5.78 Å². The molecule has 0 radical (unpaired) electrons. The number of anilines is 3. The van der Waals surface area contributed by atoms with Crippen molar-refractivity contribution in [1.82, 2.24) is 0 Å². The first-order chi connectivity index (χ1) is 16.0. The van der Waals surface area contributed by atoms with Crippen molar-refractivity contribution in [3.8, 4) is 0 Å². The minimum atomic E-state index is -0.738. The van der Waals surface area contributed by atoms with E-state index in [4.69, 9.17) is 4.42 Å². The Morgan fingerprint density at radius 1 is 1.12 bits per heavy atom. The lowest BCUT2D eigenvalue weighted by molar-refractivity contribution is -0.117. The predicted molar refractivity (Wildman–Crippen MR) is 120 cm³/mol. The number of carbonyl (C=O) groups excluding carboxylic acids is 2. The molecular formula is C25H21F2N3O3. The molecule has 3 aromatic rings. The maximum absolute atomic E-state index is 14.1. The quantitative estimate of drug-likeness (QED) is 0.574. The number of hydrogen-bond acceptors (Lipinski definition) is 5. The third-order valence-corrected chi connectivity index (χ3v) is 5.87. The Labute approximate surface area is 188 Å². The first-order valence-corrected chi connectivity index (χ1v) is 10.7. The number of para-hydroxylation sites is 2. The Morgan fingerprint density at radius 2 is 1.97 bits per heavy atom. The van der Waals surface area contributed by atoms with Crippen molar-refractivity contribution in [2.45, 2.75) is 25.3 Å². The summed E-state index contributed by atoms with van der Waals surface area (Å²) in [6.07, 6.45) is 3.36. The van der Waals surface area contributed by atoms with E-state index in [1.807, 2.05) is 24.3 Å². The molecule has 2 aromatic carbocycles. The molecule has 0 saturated heterocycles. The summed E-state index contributed by atoms with van der Waals surface area (Å²) in [5.74, 6) is -1.46. The van der Waals surface area contributed by atoms with Crippen molar-refractivity contribution in [2.24, 2.45) is 0 Å². The molecule has 1 aliphatic carbocycles. The second-order valence-electron chi connectivity index (χ2n) is 8.03. The van der Waals surface area contributed by atoms with Crippen LogP contribution in [0.1, 0.15) is 31.1 Å². The third-order valence-electron chi connectivity index (χ3n) is 5.87. The molecule has 2 heterocycles. The molecule has 2 N–H and O–H groups in total. The van der Waals surface area contributed by atoms with Crippen molar-refractivity contribution in [3.05, 3.63) is 89.5 Å². The number of furan rings is 1. The van der Waals surface area contributed by atoms with Crippen molar-refractivity contribution in [3.63, 3.8) is 0 Å². The molecule has 168 valence electrons. The van der Waals surface area contributed by atoms with Crippen LogP contribution in [0.15, 0.2) is 76.5 Å². The highest BCUT2D eigenvalue weighted by Crippen LogP contribution is 2.44. The topological polar surface area (TPSA) is 74.6 Å². The van der Waals surface area contributed by atoms with Crippen molar-refractivity contribution in [2.75, 3.05) is 22.1 Å². The molecule has 6 nitrogen and oxygen atoms in total. The SMILES string of the molecule is O=C(CN1c2ccccc2NC2=C(C(=O)CCC2)[C@@H]1c1ccco1)Nc1cc(F)ccc1F. The zero-order valence-corrected chi connectivity index (χ0v) is 17.6. The Hall–Kier alpha value is -3.94. The maximum atomic E-state index is 14.1. The zero-order chi connectivity index (χ0) is 22.9. The lowest BCUT2D eigenvalue weighted by Crippen LogP contribution is -2.38. The summed E-state index contributed by atoms with van der Waals surface area (Å²) >= 11 is 0. The van der Waals surface area contributed by atoms with E-state index in [2.05, 4.69) is 10.6 Å². The summed E-state index contributed by atoms with van der Waals surface area (Å²) in [4.78, 5) is 27.9. The van der Waals surface area contributed by atoms with E-state index in [0.717, 1.165) is 36.0 Å². The van der Waals surface area contributed by atoms with Gasteiger partial charge in [0.2, 0.25) is 5.91 Å². The van der Waals surface area contributed by atoms with Crippen LogP contribution in [-0.4, -0.2) is 18.2 Å². The second-order valence-corrected chi connectivity index (χ2v) is 8.03. The summed E-state index contributed by atoms with van der Waals surface area (Å²) < 4.78 is 33.4. The standard InChI is InChI=1S/C25H21F2N3O3/c26-15-10-11-16(27)19(13-15)29-23(32)14-30-20-7-2-1-5-17(20)28-18-6-3-8-21(31)24(18)25(30)22-9-4-12-33-22/h1-2,4-5,7,9-13,25,28H,3,6,8,14H2,(H,29,32)/t25-/m0/s1. The van der Waals surface area contributed by atoms with Gasteiger partial charge in [-0.2, -0.15) is 0 Å². The second kappa shape index (κ2) is 8.54. The smallest absolute Gasteiger partial charge is 0.244 e. The molecule has 1 amide bonds. The molecule has 0 spiro atoms. The van der Waals surface area contributed by atoms with Crippen LogP contribution in [0.2, 0.25) is 0 Å². The normalized spacial score (nSPS) is 17.7. The Bertz CT molecular complexity index is 1250. The van der Waals surface area contributed by atoms with Crippen molar-refractivity contribution < 1.29 is 22.8 Å². The van der Waals surface area contributed by atoms with E-state index in [1.165, 1.54) is 6.26 Å². The van der Waals surface area contributed by atoms with Gasteiger partial charge in [0.25, 0.3) is 0 Å². The lowest BCUT2D eigenvalue weighted by Gasteiger charge is -2.33. The molecule has 1 aliphatic heterocycles. The molecule has 0 unspecified atom stereocenters. The number of nitrogens with zero attached hydrogens (tertiary/aromatic N) is 1. The van der Waals surface area contributed by atoms with Crippen molar-refractivity contribution in [1.29, 1.82) is 0 Å². The number of Topliss-reactive ketones (excluding diaryl/α,β-unsaturated/α-hetero) is 1. The fourth-order valence-corrected chi connectivity index (χ4v) is 4.45. The van der Waals surface area contributed by atoms with Crippen LogP contribution < -0.4 is 15.5 Å². The fraction of sp³-hybridized carbons (Fsp3) is 0.200. The maximum Gasteiger partial charge on any atom is 0.244 e. The first kappa shape index (κ1) is 20.9. The summed E-state index contributed by atoms with van der Waals surface area (Å²) in [6.45, 7) is -0.218. The highest BCUT2D eigenvalue weighted by molar-refractivity contribution is 6.02. The fourth-order valence-electron chi connectivity index (χ4n) is 4.45. The number of ketones is 1. The van der Waals surface area contributed by atoms with Crippen LogP contribution in [0.5, 0.6) is 0 Å². The largest absolute Gasteiger partial charge is 0.467 e. The summed E-state index contributed by atoms with van der Waals surface area (Å²) in [6, 6.07) is 13.1. The van der Waals surface area contributed by atoms with E-state index in [-0.39, 0.29) is 18.0 Å². The zero-order valence-electron chi connectivity index (χ0n) is 17.6. The third kappa shape index (κ3) is 4.00. The molecule has 0 fully saturated rings. The monoisotopic (exact) mass is 449 g/mol. The number of allylic oxidation sites excluding steroid dienone is 1. The Morgan fingerprint density at radius 3 is 2.79 bits per heavy atom. The highest BCUT2D eigenvalue weighted by Gasteiger charge is 2.38. The molecule has 33 heavy (non-hydrogen) atoms. The van der Waals surface area contributed by atoms with E-state index in [1.54, 1.807) is 17.0 Å². The van der Waals surface area contributed by atoms with Crippen LogP contribution >= 0.6 is 0 Å². The number of halogens is 2. The summed E-state index contributed by atoms with van der Waals surface area (Å²) in [5, 5.41) is 5.84. The van der Waals surface area contributed by atoms with Gasteiger partial charge < -0.3 is 20.0 Å². The molecule has 0 bridgehead atoms. The molecule has 0 saturated carbocycles. The average molecular weight is 449 g/mol. The van der Waals surface area contributed by atoms with E-state index in [0.29, 0.717) is 29.9 Å². The van der Waals surface area contributed by atoms with Crippen LogP contribution in [0.3, 0.4) is 0 Å². The van der Waals surface area contributed by atoms with Gasteiger partial charge in [-0.15, -0.1) is 0 Å². The van der Waals surface area contributed by atoms with Gasteiger partial charge in [0, 0.05) is 23.8 Å². The van der Waals surface area contributed by atoms with E-state index < -0.39 is 23.6 Å². The van der Waals surface area contributed by atoms with E-state index in [9.17, 15) is 18.4 Å². The van der Waals surface area contributed by atoms with Gasteiger partial charge in [-0.3, -0.25) is 9.59 Å². The van der Waals surface area contributed by atoms with Crippen LogP contribution in [0.4, 0.5) is 25.8 Å². The number of nitrogens with one attached hydrogen (secondary N) is 2. The van der Waals surface area contributed by atoms with E-state index >= 15 is 0 Å². The number of carbonyl (C=O) groups is 2. The van der Waals surface area contributed by atoms with Gasteiger partial charge in [-0.1, -0.05) is 12.1 Å². The van der Waals surface area contributed by atoms with Gasteiger partial charge in [0.05, 0.1) is 29.9 Å². The highest BCUT2D eigenvalue weighted by atomic mass is 19.1. The Kier molecular flexibility index (Phi) is 5.42. The molecule has 2 aliphatic rings. The molecule has 8 heteroatoms. The minimum absolute atomic E-state index is 0.0143. The lowest BCUT2D eigenvalue weighted by atomic mass is 9.88. The van der Waals surface area contributed by atoms with Crippen LogP contribution in [-0.2, 0) is 9.59 Å². The summed E-state index contributed by atoms with van der Waals surface area (Å²) in [5.41, 5.74) is 2.55. The number of fused-ring (bicyclic) bond motifs is 1. The molecule has 5 rings (SSSR count). The first-order valence-electron chi connectivity index (χ1n) is 10.7. The molecular weight excluding hydrogens is 428 g/mol. The average Bonchev–Trinajstić information content (AvgIpc) is 3.28. The van der Waals surface area contributed by atoms with Crippen LogP contribution in [0, 0.1) is 11.6 Å².